The van der Waals surface area contributed by atoms with Crippen LogP contribution >= 0.6 is 11.6 Å². The van der Waals surface area contributed by atoms with Crippen LogP contribution in [0.1, 0.15) is 18.9 Å². The summed E-state index contributed by atoms with van der Waals surface area (Å²) in [6.45, 7) is 2.05. The lowest BCUT2D eigenvalue weighted by atomic mass is 10.3. The second-order valence-electron chi connectivity index (χ2n) is 3.65. The second-order valence-corrected chi connectivity index (χ2v) is 4.09. The summed E-state index contributed by atoms with van der Waals surface area (Å²) in [7, 11) is 0. The molecule has 0 saturated heterocycles. The van der Waals surface area contributed by atoms with Gasteiger partial charge in [-0.05, 0) is 25.1 Å². The standard InChI is InChI=1S/C11H13ClN2O2/c1-7(16)11-13-9-3-2-8(12)6-10(9)14(11)4-5-15/h2-3,6-7,15-16H,4-5H2,1H3. The van der Waals surface area contributed by atoms with Crippen LogP contribution in [0.4, 0.5) is 0 Å². The number of aliphatic hydroxyl groups excluding tert-OH is 2. The Kier molecular flexibility index (Phi) is 3.14. The normalized spacial score (nSPS) is 13.2. The lowest BCUT2D eigenvalue weighted by Gasteiger charge is -2.08. The smallest absolute Gasteiger partial charge is 0.138 e. The molecule has 1 atom stereocenters. The van der Waals surface area contributed by atoms with Gasteiger partial charge in [0.1, 0.15) is 11.9 Å². The zero-order chi connectivity index (χ0) is 11.7. The largest absolute Gasteiger partial charge is 0.395 e. The molecule has 0 aliphatic heterocycles. The number of hydrogen-bond donors (Lipinski definition) is 2. The van der Waals surface area contributed by atoms with Crippen molar-refractivity contribution in [3.05, 3.63) is 29.0 Å². The summed E-state index contributed by atoms with van der Waals surface area (Å²) in [6.07, 6.45) is -0.669. The van der Waals surface area contributed by atoms with Crippen LogP contribution in [0.5, 0.6) is 0 Å². The molecule has 0 bridgehead atoms. The molecule has 2 aromatic rings. The van der Waals surface area contributed by atoms with Crippen LogP contribution in [0, 0.1) is 0 Å². The Hall–Kier alpha value is -1.10. The Bertz CT molecular complexity index is 508. The summed E-state index contributed by atoms with van der Waals surface area (Å²) in [6, 6.07) is 5.34. The highest BCUT2D eigenvalue weighted by Crippen LogP contribution is 2.23. The zero-order valence-electron chi connectivity index (χ0n) is 8.89. The lowest BCUT2D eigenvalue weighted by Crippen LogP contribution is -2.09. The fourth-order valence-corrected chi connectivity index (χ4v) is 1.93. The van der Waals surface area contributed by atoms with E-state index in [2.05, 4.69) is 4.98 Å². The SMILES string of the molecule is CC(O)c1nc2ccc(Cl)cc2n1CCO. The van der Waals surface area contributed by atoms with Gasteiger partial charge < -0.3 is 14.8 Å². The van der Waals surface area contributed by atoms with Gasteiger partial charge in [0.25, 0.3) is 0 Å². The predicted octanol–water partition coefficient (Wildman–Crippen LogP) is 1.74. The van der Waals surface area contributed by atoms with Crippen molar-refractivity contribution in [2.24, 2.45) is 0 Å². The van der Waals surface area contributed by atoms with Crippen LogP contribution in [-0.2, 0) is 6.54 Å². The molecule has 1 heterocycles. The van der Waals surface area contributed by atoms with E-state index in [9.17, 15) is 5.11 Å². The predicted molar refractivity (Wildman–Crippen MR) is 62.5 cm³/mol. The second kappa shape index (κ2) is 4.41. The minimum atomic E-state index is -0.669. The number of benzene rings is 1. The summed E-state index contributed by atoms with van der Waals surface area (Å²) in [5, 5.41) is 19.2. The molecule has 0 radical (unpaired) electrons. The highest BCUT2D eigenvalue weighted by molar-refractivity contribution is 6.31. The molecule has 0 fully saturated rings. The van der Waals surface area contributed by atoms with Crippen molar-refractivity contribution in [3.63, 3.8) is 0 Å². The van der Waals surface area contributed by atoms with Crippen molar-refractivity contribution in [1.29, 1.82) is 0 Å². The molecule has 0 saturated carbocycles. The van der Waals surface area contributed by atoms with Crippen molar-refractivity contribution < 1.29 is 10.2 Å². The molecule has 1 unspecified atom stereocenters. The number of aliphatic hydroxyl groups is 2. The first-order valence-electron chi connectivity index (χ1n) is 5.08. The molecule has 86 valence electrons. The van der Waals surface area contributed by atoms with Crippen molar-refractivity contribution in [1.82, 2.24) is 9.55 Å². The third-order valence-corrected chi connectivity index (χ3v) is 2.67. The molecule has 4 nitrogen and oxygen atoms in total. The van der Waals surface area contributed by atoms with Crippen molar-refractivity contribution in [3.8, 4) is 0 Å². The summed E-state index contributed by atoms with van der Waals surface area (Å²) in [4.78, 5) is 4.32. The first-order chi connectivity index (χ1) is 7.63. The van der Waals surface area contributed by atoms with Gasteiger partial charge in [0.2, 0.25) is 0 Å². The molecule has 1 aromatic carbocycles. The molecule has 2 rings (SSSR count). The molecule has 0 aliphatic rings. The number of aromatic nitrogens is 2. The van der Waals surface area contributed by atoms with Gasteiger partial charge in [0.05, 0.1) is 17.6 Å². The maximum absolute atomic E-state index is 9.60. The van der Waals surface area contributed by atoms with Gasteiger partial charge in [0, 0.05) is 11.6 Å². The number of nitrogens with zero attached hydrogens (tertiary/aromatic N) is 2. The minimum Gasteiger partial charge on any atom is -0.395 e. The summed E-state index contributed by atoms with van der Waals surface area (Å²) >= 11 is 5.91. The van der Waals surface area contributed by atoms with Crippen LogP contribution < -0.4 is 0 Å². The Balaban J connectivity index is 2.67. The van der Waals surface area contributed by atoms with Crippen LogP contribution in [0.2, 0.25) is 5.02 Å². The zero-order valence-corrected chi connectivity index (χ0v) is 9.65. The number of halogens is 1. The van der Waals surface area contributed by atoms with E-state index < -0.39 is 6.10 Å². The average molecular weight is 241 g/mol. The van der Waals surface area contributed by atoms with Crippen LogP contribution in [0.3, 0.4) is 0 Å². The molecule has 0 spiro atoms. The lowest BCUT2D eigenvalue weighted by molar-refractivity contribution is 0.180. The van der Waals surface area contributed by atoms with Crippen molar-refractivity contribution in [2.75, 3.05) is 6.61 Å². The Morgan fingerprint density at radius 3 is 2.88 bits per heavy atom. The Labute approximate surface area is 98.1 Å². The summed E-state index contributed by atoms with van der Waals surface area (Å²) in [5.74, 6) is 0.548. The molecule has 0 amide bonds. The van der Waals surface area contributed by atoms with E-state index in [1.54, 1.807) is 29.7 Å². The third-order valence-electron chi connectivity index (χ3n) is 2.44. The molecule has 1 aromatic heterocycles. The summed E-state index contributed by atoms with van der Waals surface area (Å²) in [5.41, 5.74) is 1.60. The van der Waals surface area contributed by atoms with E-state index in [-0.39, 0.29) is 6.61 Å². The van der Waals surface area contributed by atoms with Gasteiger partial charge in [-0.2, -0.15) is 0 Å². The van der Waals surface area contributed by atoms with Crippen LogP contribution in [0.15, 0.2) is 18.2 Å². The first-order valence-corrected chi connectivity index (χ1v) is 5.46. The van der Waals surface area contributed by atoms with Crippen molar-refractivity contribution >= 4 is 22.6 Å². The van der Waals surface area contributed by atoms with Gasteiger partial charge in [-0.1, -0.05) is 11.6 Å². The van der Waals surface area contributed by atoms with Gasteiger partial charge >= 0.3 is 0 Å². The Morgan fingerprint density at radius 1 is 1.50 bits per heavy atom. The number of rotatable bonds is 3. The minimum absolute atomic E-state index is 0.00229. The quantitative estimate of drug-likeness (QED) is 0.859. The molecule has 5 heteroatoms. The first kappa shape index (κ1) is 11.4. The van der Waals surface area contributed by atoms with Crippen LogP contribution in [0.25, 0.3) is 11.0 Å². The van der Waals surface area contributed by atoms with Gasteiger partial charge in [-0.3, -0.25) is 0 Å². The molecular formula is C11H13ClN2O2. The monoisotopic (exact) mass is 240 g/mol. The highest BCUT2D eigenvalue weighted by atomic mass is 35.5. The van der Waals surface area contributed by atoms with E-state index in [4.69, 9.17) is 16.7 Å². The Morgan fingerprint density at radius 2 is 2.25 bits per heavy atom. The third kappa shape index (κ3) is 1.91. The van der Waals surface area contributed by atoms with Crippen LogP contribution in [-0.4, -0.2) is 26.4 Å². The number of fused-ring (bicyclic) bond motifs is 1. The van der Waals surface area contributed by atoms with E-state index in [1.165, 1.54) is 0 Å². The average Bonchev–Trinajstić information content (AvgIpc) is 2.58. The van der Waals surface area contributed by atoms with E-state index >= 15 is 0 Å². The van der Waals surface area contributed by atoms with E-state index in [0.29, 0.717) is 17.4 Å². The number of imidazole rings is 1. The fraction of sp³-hybridized carbons (Fsp3) is 0.364. The molecule has 16 heavy (non-hydrogen) atoms. The topological polar surface area (TPSA) is 58.3 Å². The number of hydrogen-bond acceptors (Lipinski definition) is 3. The van der Waals surface area contributed by atoms with E-state index in [1.807, 2.05) is 0 Å². The summed E-state index contributed by atoms with van der Waals surface area (Å²) < 4.78 is 1.78. The molecule has 0 aliphatic carbocycles. The van der Waals surface area contributed by atoms with Crippen molar-refractivity contribution in [2.45, 2.75) is 19.6 Å². The molecule has 2 N–H and O–H groups in total. The maximum atomic E-state index is 9.60. The maximum Gasteiger partial charge on any atom is 0.138 e. The van der Waals surface area contributed by atoms with Gasteiger partial charge in [-0.15, -0.1) is 0 Å². The van der Waals surface area contributed by atoms with Gasteiger partial charge in [0.15, 0.2) is 0 Å². The van der Waals surface area contributed by atoms with E-state index in [0.717, 1.165) is 11.0 Å². The highest BCUT2D eigenvalue weighted by Gasteiger charge is 2.14. The fourth-order valence-electron chi connectivity index (χ4n) is 1.77. The molecular weight excluding hydrogens is 228 g/mol. The van der Waals surface area contributed by atoms with Gasteiger partial charge in [-0.25, -0.2) is 4.98 Å².